The van der Waals surface area contributed by atoms with E-state index in [1.807, 2.05) is 0 Å². The third-order valence-electron chi connectivity index (χ3n) is 6.05. The fraction of sp³-hybridized carbons (Fsp3) is 0.280. The van der Waals surface area contributed by atoms with Crippen molar-refractivity contribution in [3.63, 3.8) is 0 Å². The summed E-state index contributed by atoms with van der Waals surface area (Å²) in [6.45, 7) is 9.58. The van der Waals surface area contributed by atoms with Crippen LogP contribution in [0.1, 0.15) is 12.5 Å². The quantitative estimate of drug-likeness (QED) is 0.507. The van der Waals surface area contributed by atoms with Crippen molar-refractivity contribution in [1.82, 2.24) is 19.4 Å². The van der Waals surface area contributed by atoms with Gasteiger partial charge in [0.2, 0.25) is 0 Å². The van der Waals surface area contributed by atoms with E-state index in [4.69, 9.17) is 9.97 Å². The van der Waals surface area contributed by atoms with Gasteiger partial charge >= 0.3 is 0 Å². The summed E-state index contributed by atoms with van der Waals surface area (Å²) in [5, 5.41) is 1.13. The topological polar surface area (TPSA) is 37.2 Å². The van der Waals surface area contributed by atoms with E-state index in [9.17, 15) is 0 Å². The standard InChI is InChI=1S/C25H27N5/c1-3-28-12-14-29(15-13-28)24-23-22(20-9-5-4-6-10-20)17-30(25(23)27-18-26-24)21-11-7-8-19(2)16-21/h4-11,16-18H,3,12-15H2,1-2H3. The minimum Gasteiger partial charge on any atom is -0.353 e. The van der Waals surface area contributed by atoms with Crippen LogP contribution in [0.25, 0.3) is 27.8 Å². The molecule has 3 heterocycles. The molecule has 30 heavy (non-hydrogen) atoms. The van der Waals surface area contributed by atoms with E-state index < -0.39 is 0 Å². The summed E-state index contributed by atoms with van der Waals surface area (Å²) in [6, 6.07) is 19.2. The van der Waals surface area contributed by atoms with E-state index in [1.54, 1.807) is 6.33 Å². The predicted molar refractivity (Wildman–Crippen MR) is 123 cm³/mol. The van der Waals surface area contributed by atoms with Crippen LogP contribution in [0.5, 0.6) is 0 Å². The fourth-order valence-corrected chi connectivity index (χ4v) is 4.37. The molecule has 0 bridgehead atoms. The highest BCUT2D eigenvalue weighted by atomic mass is 15.3. The molecular formula is C25H27N5. The number of aromatic nitrogens is 3. The summed E-state index contributed by atoms with van der Waals surface area (Å²) in [6.07, 6.45) is 3.93. The van der Waals surface area contributed by atoms with Gasteiger partial charge in [-0.1, -0.05) is 49.4 Å². The molecular weight excluding hydrogens is 370 g/mol. The van der Waals surface area contributed by atoms with Crippen LogP contribution in [-0.2, 0) is 0 Å². The molecule has 0 N–H and O–H groups in total. The first-order valence-corrected chi connectivity index (χ1v) is 10.7. The monoisotopic (exact) mass is 397 g/mol. The highest BCUT2D eigenvalue weighted by Gasteiger charge is 2.23. The second kappa shape index (κ2) is 7.92. The Hall–Kier alpha value is -3.18. The Bertz CT molecular complexity index is 1160. The number of aryl methyl sites for hydroxylation is 1. The zero-order chi connectivity index (χ0) is 20.5. The first-order chi connectivity index (χ1) is 14.7. The Morgan fingerprint density at radius 1 is 0.900 bits per heavy atom. The number of hydrogen-bond acceptors (Lipinski definition) is 4. The van der Waals surface area contributed by atoms with E-state index in [1.165, 1.54) is 16.7 Å². The van der Waals surface area contributed by atoms with Gasteiger partial charge in [0, 0.05) is 43.6 Å². The number of benzene rings is 2. The van der Waals surface area contributed by atoms with Crippen LogP contribution in [0.15, 0.2) is 67.1 Å². The summed E-state index contributed by atoms with van der Waals surface area (Å²) >= 11 is 0. The first-order valence-electron chi connectivity index (χ1n) is 10.7. The maximum atomic E-state index is 4.78. The molecule has 1 fully saturated rings. The van der Waals surface area contributed by atoms with Crippen molar-refractivity contribution in [2.24, 2.45) is 0 Å². The second-order valence-electron chi connectivity index (χ2n) is 7.93. The Labute approximate surface area is 177 Å². The number of nitrogens with zero attached hydrogens (tertiary/aromatic N) is 5. The third kappa shape index (κ3) is 3.35. The van der Waals surface area contributed by atoms with Crippen LogP contribution in [0, 0.1) is 6.92 Å². The third-order valence-corrected chi connectivity index (χ3v) is 6.05. The van der Waals surface area contributed by atoms with Gasteiger partial charge in [0.05, 0.1) is 5.39 Å². The molecule has 2 aromatic heterocycles. The molecule has 1 saturated heterocycles. The van der Waals surface area contributed by atoms with Gasteiger partial charge in [-0.15, -0.1) is 0 Å². The van der Waals surface area contributed by atoms with Crippen molar-refractivity contribution in [1.29, 1.82) is 0 Å². The summed E-state index contributed by atoms with van der Waals surface area (Å²) in [7, 11) is 0. The Balaban J connectivity index is 1.71. The lowest BCUT2D eigenvalue weighted by molar-refractivity contribution is 0.271. The zero-order valence-corrected chi connectivity index (χ0v) is 17.6. The zero-order valence-electron chi connectivity index (χ0n) is 17.6. The normalized spacial score (nSPS) is 15.1. The average molecular weight is 398 g/mol. The molecule has 152 valence electrons. The fourth-order valence-electron chi connectivity index (χ4n) is 4.37. The van der Waals surface area contributed by atoms with Gasteiger partial charge in [-0.3, -0.25) is 0 Å². The molecule has 5 rings (SSSR count). The van der Waals surface area contributed by atoms with Crippen LogP contribution >= 0.6 is 0 Å². The van der Waals surface area contributed by atoms with Crippen molar-refractivity contribution >= 4 is 16.9 Å². The van der Waals surface area contributed by atoms with Gasteiger partial charge in [-0.25, -0.2) is 9.97 Å². The Morgan fingerprint density at radius 2 is 1.70 bits per heavy atom. The average Bonchev–Trinajstić information content (AvgIpc) is 3.20. The molecule has 5 nitrogen and oxygen atoms in total. The molecule has 0 atom stereocenters. The van der Waals surface area contributed by atoms with Crippen LogP contribution in [0.2, 0.25) is 0 Å². The Morgan fingerprint density at radius 3 is 2.43 bits per heavy atom. The maximum absolute atomic E-state index is 4.78. The second-order valence-corrected chi connectivity index (χ2v) is 7.93. The van der Waals surface area contributed by atoms with Crippen LogP contribution in [0.4, 0.5) is 5.82 Å². The summed E-state index contributed by atoms with van der Waals surface area (Å²) in [4.78, 5) is 14.4. The molecule has 0 unspecified atom stereocenters. The number of likely N-dealkylation sites (N-methyl/N-ethyl adjacent to an activating group) is 1. The number of piperazine rings is 1. The van der Waals surface area contributed by atoms with Crippen molar-refractivity contribution in [2.45, 2.75) is 13.8 Å². The molecule has 0 amide bonds. The van der Waals surface area contributed by atoms with E-state index in [-0.39, 0.29) is 0 Å². The number of anilines is 1. The smallest absolute Gasteiger partial charge is 0.150 e. The predicted octanol–water partition coefficient (Wildman–Crippen LogP) is 4.54. The summed E-state index contributed by atoms with van der Waals surface area (Å²) in [5.74, 6) is 1.04. The van der Waals surface area contributed by atoms with Gasteiger partial charge < -0.3 is 14.4 Å². The lowest BCUT2D eigenvalue weighted by Gasteiger charge is -2.35. The molecule has 5 heteroatoms. The molecule has 0 radical (unpaired) electrons. The van der Waals surface area contributed by atoms with E-state index in [0.717, 1.165) is 55.3 Å². The summed E-state index contributed by atoms with van der Waals surface area (Å²) in [5.41, 5.74) is 5.70. The first kappa shape index (κ1) is 18.8. The lowest BCUT2D eigenvalue weighted by Crippen LogP contribution is -2.46. The van der Waals surface area contributed by atoms with Crippen LogP contribution in [-0.4, -0.2) is 52.2 Å². The van der Waals surface area contributed by atoms with Crippen molar-refractivity contribution in [2.75, 3.05) is 37.6 Å². The maximum Gasteiger partial charge on any atom is 0.150 e. The largest absolute Gasteiger partial charge is 0.353 e. The SMILES string of the molecule is CCN1CCN(c2ncnc3c2c(-c2ccccc2)cn3-c2cccc(C)c2)CC1. The molecule has 0 spiro atoms. The lowest BCUT2D eigenvalue weighted by atomic mass is 10.1. The van der Waals surface area contributed by atoms with Crippen molar-refractivity contribution in [3.05, 3.63) is 72.7 Å². The molecule has 1 aliphatic rings. The molecule has 0 aliphatic carbocycles. The van der Waals surface area contributed by atoms with Gasteiger partial charge in [0.15, 0.2) is 5.65 Å². The van der Waals surface area contributed by atoms with Crippen LogP contribution < -0.4 is 4.90 Å². The highest BCUT2D eigenvalue weighted by Crippen LogP contribution is 2.37. The van der Waals surface area contributed by atoms with E-state index >= 15 is 0 Å². The molecule has 2 aromatic carbocycles. The number of rotatable bonds is 4. The van der Waals surface area contributed by atoms with Crippen molar-refractivity contribution in [3.8, 4) is 16.8 Å². The molecule has 0 saturated carbocycles. The van der Waals surface area contributed by atoms with Gasteiger partial charge in [-0.2, -0.15) is 0 Å². The minimum absolute atomic E-state index is 0.961. The molecule has 1 aliphatic heterocycles. The number of fused-ring (bicyclic) bond motifs is 1. The minimum atomic E-state index is 0.961. The van der Waals surface area contributed by atoms with Gasteiger partial charge in [0.25, 0.3) is 0 Å². The van der Waals surface area contributed by atoms with E-state index in [2.05, 4.69) is 89.0 Å². The number of hydrogen-bond donors (Lipinski definition) is 0. The highest BCUT2D eigenvalue weighted by molar-refractivity contribution is 6.02. The van der Waals surface area contributed by atoms with E-state index in [0.29, 0.717) is 0 Å². The van der Waals surface area contributed by atoms with Crippen LogP contribution in [0.3, 0.4) is 0 Å². The van der Waals surface area contributed by atoms with Gasteiger partial charge in [0.1, 0.15) is 12.1 Å². The molecule has 4 aromatic rings. The Kier molecular flexibility index (Phi) is 4.97. The van der Waals surface area contributed by atoms with Crippen molar-refractivity contribution < 1.29 is 0 Å². The van der Waals surface area contributed by atoms with Gasteiger partial charge in [-0.05, 0) is 36.7 Å². The summed E-state index contributed by atoms with van der Waals surface area (Å²) < 4.78 is 2.21.